The molecule has 10 heteroatoms. The Morgan fingerprint density at radius 3 is 2.62 bits per heavy atom. The van der Waals surface area contributed by atoms with E-state index in [2.05, 4.69) is 20.1 Å². The molecule has 0 aromatic carbocycles. The summed E-state index contributed by atoms with van der Waals surface area (Å²) in [5.41, 5.74) is 0.0868. The van der Waals surface area contributed by atoms with Gasteiger partial charge in [0.25, 0.3) is 11.8 Å². The minimum Gasteiger partial charge on any atom is -0.396 e. The van der Waals surface area contributed by atoms with Crippen molar-refractivity contribution in [1.29, 1.82) is 0 Å². The molecule has 5 heterocycles. The minimum atomic E-state index is -0.568. The van der Waals surface area contributed by atoms with Crippen LogP contribution < -0.4 is 0 Å². The second-order valence-electron chi connectivity index (χ2n) is 7.57. The van der Waals surface area contributed by atoms with Gasteiger partial charge in [-0.2, -0.15) is 0 Å². The van der Waals surface area contributed by atoms with Crippen LogP contribution in [0.4, 0.5) is 0 Å². The summed E-state index contributed by atoms with van der Waals surface area (Å²) in [6.45, 7) is 1.43. The zero-order valence-corrected chi connectivity index (χ0v) is 15.4. The molecular weight excluding hydrogens is 376 g/mol. The molecule has 3 aromatic rings. The molecule has 2 amide bonds. The summed E-state index contributed by atoms with van der Waals surface area (Å²) in [5, 5.41) is 14.6. The van der Waals surface area contributed by atoms with Gasteiger partial charge in [-0.1, -0.05) is 5.16 Å². The van der Waals surface area contributed by atoms with E-state index in [1.165, 1.54) is 18.6 Å². The quantitative estimate of drug-likeness (QED) is 0.669. The van der Waals surface area contributed by atoms with Crippen molar-refractivity contribution < 1.29 is 19.2 Å². The number of pyridine rings is 1. The molecular formula is C19H18N6O4. The first-order chi connectivity index (χ1) is 14.1. The lowest BCUT2D eigenvalue weighted by Crippen LogP contribution is -2.40. The van der Waals surface area contributed by atoms with Crippen LogP contribution in [0.2, 0.25) is 0 Å². The van der Waals surface area contributed by atoms with Crippen LogP contribution >= 0.6 is 0 Å². The van der Waals surface area contributed by atoms with Gasteiger partial charge in [-0.05, 0) is 12.1 Å². The van der Waals surface area contributed by atoms with Crippen molar-refractivity contribution in [2.75, 3.05) is 32.8 Å². The van der Waals surface area contributed by atoms with Crippen LogP contribution in [0, 0.1) is 11.3 Å². The molecule has 29 heavy (non-hydrogen) atoms. The van der Waals surface area contributed by atoms with Gasteiger partial charge >= 0.3 is 0 Å². The van der Waals surface area contributed by atoms with Crippen molar-refractivity contribution in [1.82, 2.24) is 29.9 Å². The highest BCUT2D eigenvalue weighted by Crippen LogP contribution is 2.43. The zero-order valence-electron chi connectivity index (χ0n) is 15.4. The maximum Gasteiger partial charge on any atom is 0.293 e. The number of hydrogen-bond acceptors (Lipinski definition) is 8. The van der Waals surface area contributed by atoms with E-state index in [1.807, 2.05) is 0 Å². The van der Waals surface area contributed by atoms with Crippen molar-refractivity contribution in [2.24, 2.45) is 11.3 Å². The highest BCUT2D eigenvalue weighted by molar-refractivity contribution is 6.02. The SMILES string of the molecule is O=C(c1cnccn1)N1C[C@@H]2CN(C(=O)c3onc4ncccc34)C[C@]2(CO)C1. The Bertz CT molecular complexity index is 1090. The summed E-state index contributed by atoms with van der Waals surface area (Å²) in [4.78, 5) is 41.2. The van der Waals surface area contributed by atoms with Gasteiger partial charge in [0.15, 0.2) is 0 Å². The zero-order chi connectivity index (χ0) is 20.0. The van der Waals surface area contributed by atoms with E-state index in [9.17, 15) is 14.7 Å². The molecule has 2 aliphatic heterocycles. The molecule has 2 fully saturated rings. The summed E-state index contributed by atoms with van der Waals surface area (Å²) in [7, 11) is 0. The Morgan fingerprint density at radius 2 is 1.93 bits per heavy atom. The molecule has 0 aliphatic carbocycles. The van der Waals surface area contributed by atoms with E-state index in [0.717, 1.165) is 0 Å². The molecule has 2 aliphatic rings. The normalized spacial score (nSPS) is 23.6. The Balaban J connectivity index is 1.36. The summed E-state index contributed by atoms with van der Waals surface area (Å²) in [6.07, 6.45) is 6.00. The standard InChI is InChI=1S/C19H18N6O4/c26-11-19-9-24(17(27)14-6-20-4-5-21-14)7-12(19)8-25(10-19)18(28)15-13-2-1-3-22-16(13)23-29-15/h1-6,12,26H,7-11H2/t12-,19+/m1/s1. The molecule has 10 nitrogen and oxygen atoms in total. The molecule has 0 bridgehead atoms. The van der Waals surface area contributed by atoms with E-state index < -0.39 is 5.41 Å². The van der Waals surface area contributed by atoms with Gasteiger partial charge in [0.05, 0.1) is 18.2 Å². The van der Waals surface area contributed by atoms with Crippen LogP contribution in [0.5, 0.6) is 0 Å². The Kier molecular flexibility index (Phi) is 4.02. The first-order valence-electron chi connectivity index (χ1n) is 9.27. The third-order valence-electron chi connectivity index (χ3n) is 5.88. The van der Waals surface area contributed by atoms with E-state index in [1.54, 1.807) is 28.1 Å². The number of carbonyl (C=O) groups is 2. The fourth-order valence-corrected chi connectivity index (χ4v) is 4.37. The number of likely N-dealkylation sites (tertiary alicyclic amines) is 2. The van der Waals surface area contributed by atoms with E-state index in [-0.39, 0.29) is 35.8 Å². The van der Waals surface area contributed by atoms with Crippen molar-refractivity contribution in [2.45, 2.75) is 0 Å². The summed E-state index contributed by atoms with van der Waals surface area (Å²) in [5.74, 6) is -0.391. The minimum absolute atomic E-state index is 0.0376. The number of amides is 2. The number of rotatable bonds is 3. The van der Waals surface area contributed by atoms with Gasteiger partial charge in [0.2, 0.25) is 11.4 Å². The van der Waals surface area contributed by atoms with Gasteiger partial charge < -0.3 is 19.4 Å². The van der Waals surface area contributed by atoms with Crippen molar-refractivity contribution in [3.63, 3.8) is 0 Å². The van der Waals surface area contributed by atoms with E-state index >= 15 is 0 Å². The molecule has 148 valence electrons. The summed E-state index contributed by atoms with van der Waals surface area (Å²) in [6, 6.07) is 3.46. The number of carbonyl (C=O) groups excluding carboxylic acids is 2. The van der Waals surface area contributed by atoms with E-state index in [0.29, 0.717) is 37.2 Å². The highest BCUT2D eigenvalue weighted by atomic mass is 16.5. The number of fused-ring (bicyclic) bond motifs is 2. The van der Waals surface area contributed by atoms with Crippen LogP contribution in [0.25, 0.3) is 11.0 Å². The first kappa shape index (κ1) is 17.7. The Morgan fingerprint density at radius 1 is 1.14 bits per heavy atom. The maximum absolute atomic E-state index is 13.0. The molecule has 0 unspecified atom stereocenters. The summed E-state index contributed by atoms with van der Waals surface area (Å²) < 4.78 is 5.25. The first-order valence-corrected chi connectivity index (χ1v) is 9.27. The second kappa shape index (κ2) is 6.59. The van der Waals surface area contributed by atoms with Gasteiger partial charge in [-0.3, -0.25) is 14.6 Å². The van der Waals surface area contributed by atoms with Crippen LogP contribution in [0.3, 0.4) is 0 Å². The predicted molar refractivity (Wildman–Crippen MR) is 98.7 cm³/mol. The average molecular weight is 394 g/mol. The number of nitrogens with zero attached hydrogens (tertiary/aromatic N) is 6. The lowest BCUT2D eigenvalue weighted by atomic mass is 9.82. The second-order valence-corrected chi connectivity index (χ2v) is 7.57. The van der Waals surface area contributed by atoms with Crippen LogP contribution in [0.15, 0.2) is 41.4 Å². The lowest BCUT2D eigenvalue weighted by molar-refractivity contribution is 0.0643. The van der Waals surface area contributed by atoms with Crippen LogP contribution in [-0.2, 0) is 0 Å². The average Bonchev–Trinajstić information content (AvgIpc) is 3.44. The number of aliphatic hydroxyl groups excluding tert-OH is 1. The molecule has 0 spiro atoms. The van der Waals surface area contributed by atoms with E-state index in [4.69, 9.17) is 4.52 Å². The molecule has 2 atom stereocenters. The number of aliphatic hydroxyl groups is 1. The molecule has 5 rings (SSSR count). The van der Waals surface area contributed by atoms with Crippen LogP contribution in [-0.4, -0.2) is 79.6 Å². The Hall–Kier alpha value is -3.40. The summed E-state index contributed by atoms with van der Waals surface area (Å²) >= 11 is 0. The Labute approximate surface area is 165 Å². The largest absolute Gasteiger partial charge is 0.396 e. The third kappa shape index (κ3) is 2.75. The van der Waals surface area contributed by atoms with Crippen molar-refractivity contribution in [3.8, 4) is 0 Å². The van der Waals surface area contributed by atoms with Gasteiger partial charge in [-0.15, -0.1) is 0 Å². The number of hydrogen-bond donors (Lipinski definition) is 1. The number of aromatic nitrogens is 4. The maximum atomic E-state index is 13.0. The molecule has 2 saturated heterocycles. The predicted octanol–water partition coefficient (Wildman–Crippen LogP) is 0.219. The van der Waals surface area contributed by atoms with Gasteiger partial charge in [0, 0.05) is 56.1 Å². The van der Waals surface area contributed by atoms with Crippen molar-refractivity contribution >= 4 is 22.8 Å². The molecule has 3 aromatic heterocycles. The third-order valence-corrected chi connectivity index (χ3v) is 5.88. The smallest absolute Gasteiger partial charge is 0.293 e. The molecule has 0 saturated carbocycles. The molecule has 0 radical (unpaired) electrons. The van der Waals surface area contributed by atoms with Gasteiger partial charge in [-0.25, -0.2) is 9.97 Å². The highest BCUT2D eigenvalue weighted by Gasteiger charge is 2.54. The van der Waals surface area contributed by atoms with Crippen LogP contribution in [0.1, 0.15) is 21.0 Å². The van der Waals surface area contributed by atoms with Crippen molar-refractivity contribution in [3.05, 3.63) is 48.4 Å². The molecule has 1 N–H and O–H groups in total. The monoisotopic (exact) mass is 394 g/mol. The van der Waals surface area contributed by atoms with Gasteiger partial charge in [0.1, 0.15) is 5.69 Å². The fraction of sp³-hybridized carbons (Fsp3) is 0.368. The lowest BCUT2D eigenvalue weighted by Gasteiger charge is -2.26. The fourth-order valence-electron chi connectivity index (χ4n) is 4.37. The topological polar surface area (TPSA) is 126 Å².